The second-order valence-electron chi connectivity index (χ2n) is 5.24. The highest BCUT2D eigenvalue weighted by Gasteiger charge is 2.23. The van der Waals surface area contributed by atoms with Crippen LogP contribution in [0.3, 0.4) is 0 Å². The molecule has 0 atom stereocenters. The van der Waals surface area contributed by atoms with Crippen molar-refractivity contribution < 1.29 is 12.8 Å². The molecule has 0 aliphatic carbocycles. The maximum atomic E-state index is 14.2. The van der Waals surface area contributed by atoms with Crippen LogP contribution < -0.4 is 4.72 Å². The lowest BCUT2D eigenvalue weighted by atomic mass is 10.2. The van der Waals surface area contributed by atoms with Gasteiger partial charge in [-0.15, -0.1) is 0 Å². The lowest BCUT2D eigenvalue weighted by molar-refractivity contribution is 0.568. The fourth-order valence-electron chi connectivity index (χ4n) is 2.28. The van der Waals surface area contributed by atoms with Crippen molar-refractivity contribution in [1.29, 1.82) is 5.26 Å². The highest BCUT2D eigenvalue weighted by atomic mass is 32.2. The number of nitrogens with zero attached hydrogens (tertiary/aromatic N) is 3. The number of anilines is 1. The van der Waals surface area contributed by atoms with E-state index < -0.39 is 20.7 Å². The lowest BCUT2D eigenvalue weighted by Crippen LogP contribution is -2.15. The van der Waals surface area contributed by atoms with Crippen LogP contribution in [0.2, 0.25) is 0 Å². The summed E-state index contributed by atoms with van der Waals surface area (Å²) >= 11 is 0. The molecule has 1 heterocycles. The monoisotopic (exact) mass is 356 g/mol. The second-order valence-corrected chi connectivity index (χ2v) is 6.89. The minimum atomic E-state index is -4.20. The van der Waals surface area contributed by atoms with Crippen LogP contribution >= 0.6 is 0 Å². The van der Waals surface area contributed by atoms with Gasteiger partial charge in [-0.1, -0.05) is 24.3 Å². The number of halogens is 1. The summed E-state index contributed by atoms with van der Waals surface area (Å²) in [4.78, 5) is -0.585. The number of nitrogens with one attached hydrogen (secondary N) is 1. The van der Waals surface area contributed by atoms with Crippen LogP contribution in [0.1, 0.15) is 11.3 Å². The maximum absolute atomic E-state index is 14.2. The minimum Gasteiger partial charge on any atom is -0.276 e. The average molecular weight is 356 g/mol. The fourth-order valence-corrected chi connectivity index (χ4v) is 3.48. The standard InChI is InChI=1S/C17H13FN4O2S/c1-12-15(11-22(20-12)14-7-3-2-4-8-14)21-25(23,24)16-9-5-6-13(10-19)17(16)18/h2-9,11,21H,1H3. The molecule has 8 heteroatoms. The SMILES string of the molecule is Cc1nn(-c2ccccc2)cc1NS(=O)(=O)c1cccc(C#N)c1F. The van der Waals surface area contributed by atoms with Crippen LogP contribution in [0, 0.1) is 24.1 Å². The Morgan fingerprint density at radius 1 is 1.16 bits per heavy atom. The van der Waals surface area contributed by atoms with Crippen LogP contribution in [0.5, 0.6) is 0 Å². The van der Waals surface area contributed by atoms with Gasteiger partial charge in [0.05, 0.1) is 28.8 Å². The molecule has 0 unspecified atom stereocenters. The van der Waals surface area contributed by atoms with E-state index in [0.717, 1.165) is 11.8 Å². The molecule has 0 saturated carbocycles. The van der Waals surface area contributed by atoms with Crippen LogP contribution in [0.4, 0.5) is 10.1 Å². The molecule has 1 N–H and O–H groups in total. The lowest BCUT2D eigenvalue weighted by Gasteiger charge is -2.08. The van der Waals surface area contributed by atoms with Crippen molar-refractivity contribution in [2.45, 2.75) is 11.8 Å². The predicted molar refractivity (Wildman–Crippen MR) is 90.2 cm³/mol. The van der Waals surface area contributed by atoms with Crippen LogP contribution in [0.15, 0.2) is 59.6 Å². The third kappa shape index (κ3) is 3.22. The molecule has 126 valence electrons. The smallest absolute Gasteiger partial charge is 0.264 e. The number of hydrogen-bond acceptors (Lipinski definition) is 4. The third-order valence-corrected chi connectivity index (χ3v) is 4.92. The molecule has 0 bridgehead atoms. The summed E-state index contributed by atoms with van der Waals surface area (Å²) in [5.74, 6) is -1.08. The maximum Gasteiger partial charge on any atom is 0.264 e. The van der Waals surface area contributed by atoms with Gasteiger partial charge in [-0.3, -0.25) is 4.72 Å². The van der Waals surface area contributed by atoms with E-state index >= 15 is 0 Å². The van der Waals surface area contributed by atoms with Gasteiger partial charge < -0.3 is 0 Å². The zero-order chi connectivity index (χ0) is 18.0. The molecule has 0 fully saturated rings. The zero-order valence-electron chi connectivity index (χ0n) is 13.1. The summed E-state index contributed by atoms with van der Waals surface area (Å²) in [5, 5.41) is 13.1. The van der Waals surface area contributed by atoms with Gasteiger partial charge in [0, 0.05) is 0 Å². The summed E-state index contributed by atoms with van der Waals surface area (Å²) in [5.41, 5.74) is 1.09. The Balaban J connectivity index is 1.98. The molecule has 25 heavy (non-hydrogen) atoms. The third-order valence-electron chi connectivity index (χ3n) is 3.54. The number of aryl methyl sites for hydroxylation is 1. The van der Waals surface area contributed by atoms with Crippen molar-refractivity contribution in [2.24, 2.45) is 0 Å². The Bertz CT molecular complexity index is 1070. The fraction of sp³-hybridized carbons (Fsp3) is 0.0588. The zero-order valence-corrected chi connectivity index (χ0v) is 14.0. The van der Waals surface area contributed by atoms with Crippen molar-refractivity contribution in [3.8, 4) is 11.8 Å². The average Bonchev–Trinajstić information content (AvgIpc) is 2.96. The molecule has 0 aliphatic heterocycles. The largest absolute Gasteiger partial charge is 0.276 e. The van der Waals surface area contributed by atoms with Gasteiger partial charge in [-0.05, 0) is 31.2 Å². The molecule has 0 spiro atoms. The Morgan fingerprint density at radius 3 is 2.56 bits per heavy atom. The first-order valence-electron chi connectivity index (χ1n) is 7.25. The van der Waals surface area contributed by atoms with E-state index in [4.69, 9.17) is 5.26 Å². The number of para-hydroxylation sites is 1. The Hall–Kier alpha value is -3.18. The van der Waals surface area contributed by atoms with Gasteiger partial charge in [0.15, 0.2) is 5.82 Å². The van der Waals surface area contributed by atoms with Crippen molar-refractivity contribution in [1.82, 2.24) is 9.78 Å². The molecular formula is C17H13FN4O2S. The van der Waals surface area contributed by atoms with Crippen LogP contribution in [0.25, 0.3) is 5.69 Å². The highest BCUT2D eigenvalue weighted by Crippen LogP contribution is 2.23. The minimum absolute atomic E-state index is 0.227. The molecule has 2 aromatic carbocycles. The van der Waals surface area contributed by atoms with Crippen molar-refractivity contribution in [2.75, 3.05) is 4.72 Å². The summed E-state index contributed by atoms with van der Waals surface area (Å²) in [7, 11) is -4.20. The van der Waals surface area contributed by atoms with E-state index in [2.05, 4.69) is 9.82 Å². The molecular weight excluding hydrogens is 343 g/mol. The van der Waals surface area contributed by atoms with E-state index in [0.29, 0.717) is 5.69 Å². The number of nitriles is 1. The molecule has 3 rings (SSSR count). The van der Waals surface area contributed by atoms with E-state index in [1.807, 2.05) is 30.3 Å². The van der Waals surface area contributed by atoms with Crippen molar-refractivity contribution >= 4 is 15.7 Å². The molecule has 0 amide bonds. The Morgan fingerprint density at radius 2 is 1.88 bits per heavy atom. The van der Waals surface area contributed by atoms with Gasteiger partial charge in [-0.25, -0.2) is 17.5 Å². The molecule has 0 saturated heterocycles. The second kappa shape index (κ2) is 6.37. The van der Waals surface area contributed by atoms with E-state index in [1.54, 1.807) is 13.0 Å². The number of benzene rings is 2. The number of sulfonamides is 1. The number of rotatable bonds is 4. The van der Waals surface area contributed by atoms with E-state index in [-0.39, 0.29) is 11.3 Å². The van der Waals surface area contributed by atoms with Gasteiger partial charge in [-0.2, -0.15) is 10.4 Å². The van der Waals surface area contributed by atoms with Gasteiger partial charge in [0.2, 0.25) is 0 Å². The first-order valence-corrected chi connectivity index (χ1v) is 8.74. The van der Waals surface area contributed by atoms with Crippen molar-refractivity contribution in [3.05, 3.63) is 71.8 Å². The highest BCUT2D eigenvalue weighted by molar-refractivity contribution is 7.92. The Labute approximate surface area is 144 Å². The quantitative estimate of drug-likeness (QED) is 0.778. The Kier molecular flexibility index (Phi) is 4.25. The van der Waals surface area contributed by atoms with Crippen molar-refractivity contribution in [3.63, 3.8) is 0 Å². The molecule has 0 radical (unpaired) electrons. The first-order chi connectivity index (χ1) is 11.9. The summed E-state index contributed by atoms with van der Waals surface area (Å²) < 4.78 is 43.0. The van der Waals surface area contributed by atoms with Crippen LogP contribution in [-0.4, -0.2) is 18.2 Å². The van der Waals surface area contributed by atoms with E-state index in [1.165, 1.54) is 23.0 Å². The van der Waals surface area contributed by atoms with E-state index in [9.17, 15) is 12.8 Å². The normalized spacial score (nSPS) is 11.1. The number of hydrogen-bond donors (Lipinski definition) is 1. The van der Waals surface area contributed by atoms with Crippen LogP contribution in [-0.2, 0) is 10.0 Å². The molecule has 6 nitrogen and oxygen atoms in total. The molecule has 0 aliphatic rings. The van der Waals surface area contributed by atoms with Gasteiger partial charge in [0.25, 0.3) is 10.0 Å². The topological polar surface area (TPSA) is 87.8 Å². The molecule has 1 aromatic heterocycles. The summed E-state index contributed by atoms with van der Waals surface area (Å²) in [6, 6.07) is 14.4. The number of aromatic nitrogens is 2. The molecule has 3 aromatic rings. The summed E-state index contributed by atoms with van der Waals surface area (Å²) in [6.07, 6.45) is 1.51. The van der Waals surface area contributed by atoms with Gasteiger partial charge >= 0.3 is 0 Å². The predicted octanol–water partition coefficient (Wildman–Crippen LogP) is 2.99. The first kappa shape index (κ1) is 16.7. The van der Waals surface area contributed by atoms with Gasteiger partial charge in [0.1, 0.15) is 11.0 Å². The summed E-state index contributed by atoms with van der Waals surface area (Å²) in [6.45, 7) is 1.64.